The van der Waals surface area contributed by atoms with Crippen LogP contribution in [0, 0.1) is 11.6 Å². The molecule has 0 amide bonds. The van der Waals surface area contributed by atoms with Crippen molar-refractivity contribution in [3.63, 3.8) is 0 Å². The number of hydrogen-bond acceptors (Lipinski definition) is 5. The fourth-order valence-electron chi connectivity index (χ4n) is 1.75. The summed E-state index contributed by atoms with van der Waals surface area (Å²) in [7, 11) is 1.70. The first-order valence-corrected chi connectivity index (χ1v) is 6.59. The van der Waals surface area contributed by atoms with Gasteiger partial charge in [-0.15, -0.1) is 0 Å². The third-order valence-electron chi connectivity index (χ3n) is 2.76. The molecule has 21 heavy (non-hydrogen) atoms. The molecule has 7 heteroatoms. The summed E-state index contributed by atoms with van der Waals surface area (Å²) in [6, 6.07) is 2.45. The second-order valence-corrected chi connectivity index (χ2v) is 4.91. The van der Waals surface area contributed by atoms with Gasteiger partial charge in [-0.25, -0.2) is 8.78 Å². The van der Waals surface area contributed by atoms with E-state index in [4.69, 9.17) is 9.26 Å². The molecule has 0 aliphatic rings. The van der Waals surface area contributed by atoms with Gasteiger partial charge in [0.2, 0.25) is 11.7 Å². The third-order valence-corrected chi connectivity index (χ3v) is 2.76. The van der Waals surface area contributed by atoms with E-state index in [0.717, 1.165) is 0 Å². The molecule has 0 atom stereocenters. The molecule has 0 aliphatic heterocycles. The minimum atomic E-state index is -0.757. The highest BCUT2D eigenvalue weighted by Crippen LogP contribution is 2.24. The van der Waals surface area contributed by atoms with E-state index < -0.39 is 17.4 Å². The predicted octanol–water partition coefficient (Wildman–Crippen LogP) is 2.77. The van der Waals surface area contributed by atoms with E-state index in [1.807, 2.05) is 13.8 Å². The summed E-state index contributed by atoms with van der Waals surface area (Å²) < 4.78 is 37.7. The van der Waals surface area contributed by atoms with Gasteiger partial charge in [-0.05, 0) is 24.7 Å². The number of hydrogen-bond donors (Lipinski definition) is 1. The molecule has 0 bridgehead atoms. The maximum Gasteiger partial charge on any atom is 0.229 e. The Bertz CT molecular complexity index is 591. The maximum atomic E-state index is 13.8. The van der Waals surface area contributed by atoms with Crippen LogP contribution in [0.15, 0.2) is 16.7 Å². The highest BCUT2D eigenvalue weighted by molar-refractivity contribution is 5.31. The molecule has 2 aromatic rings. The minimum absolute atomic E-state index is 0.0838. The maximum absolute atomic E-state index is 13.8. The number of aromatic nitrogens is 2. The summed E-state index contributed by atoms with van der Waals surface area (Å²) >= 11 is 0. The lowest BCUT2D eigenvalue weighted by Gasteiger charge is -2.08. The van der Waals surface area contributed by atoms with Crippen LogP contribution in [0.25, 0.3) is 0 Å². The molecular weight excluding hydrogens is 280 g/mol. The first kappa shape index (κ1) is 15.4. The fourth-order valence-corrected chi connectivity index (χ4v) is 1.75. The highest BCUT2D eigenvalue weighted by Gasteiger charge is 2.15. The third kappa shape index (κ3) is 3.75. The van der Waals surface area contributed by atoms with Crippen molar-refractivity contribution < 1.29 is 18.0 Å². The molecule has 1 heterocycles. The van der Waals surface area contributed by atoms with Gasteiger partial charge < -0.3 is 14.6 Å². The molecule has 0 saturated carbocycles. The van der Waals surface area contributed by atoms with Crippen LogP contribution in [-0.2, 0) is 13.2 Å². The standard InChI is InChI=1S/C14H17F2N3O2/c1-8(2)14-18-12(19-21-14)7-20-13-10(15)4-9(6-17-3)5-11(13)16/h4-5,8,17H,6-7H2,1-3H3. The second kappa shape index (κ2) is 6.62. The normalized spacial score (nSPS) is 11.1. The van der Waals surface area contributed by atoms with Gasteiger partial charge in [0.15, 0.2) is 24.0 Å². The molecule has 114 valence electrons. The van der Waals surface area contributed by atoms with Gasteiger partial charge in [0.05, 0.1) is 0 Å². The average Bonchev–Trinajstić information content (AvgIpc) is 2.87. The predicted molar refractivity (Wildman–Crippen MR) is 71.8 cm³/mol. The number of rotatable bonds is 6. The number of benzene rings is 1. The Morgan fingerprint density at radius 1 is 1.29 bits per heavy atom. The molecule has 0 unspecified atom stereocenters. The molecule has 0 fully saturated rings. The van der Waals surface area contributed by atoms with Crippen LogP contribution in [-0.4, -0.2) is 17.2 Å². The van der Waals surface area contributed by atoms with Crippen LogP contribution in [0.1, 0.15) is 37.0 Å². The molecule has 0 spiro atoms. The first-order valence-electron chi connectivity index (χ1n) is 6.59. The van der Waals surface area contributed by atoms with Crippen molar-refractivity contribution in [3.05, 3.63) is 41.0 Å². The topological polar surface area (TPSA) is 60.2 Å². The van der Waals surface area contributed by atoms with Gasteiger partial charge in [-0.2, -0.15) is 4.98 Å². The molecular formula is C14H17F2N3O2. The van der Waals surface area contributed by atoms with E-state index in [9.17, 15) is 8.78 Å². The van der Waals surface area contributed by atoms with Gasteiger partial charge in [0.25, 0.3) is 0 Å². The quantitative estimate of drug-likeness (QED) is 0.888. The van der Waals surface area contributed by atoms with Gasteiger partial charge >= 0.3 is 0 Å². The summed E-state index contributed by atoms with van der Waals surface area (Å²) in [4.78, 5) is 4.07. The lowest BCUT2D eigenvalue weighted by atomic mass is 10.2. The van der Waals surface area contributed by atoms with Gasteiger partial charge in [-0.3, -0.25) is 0 Å². The molecule has 5 nitrogen and oxygen atoms in total. The van der Waals surface area contributed by atoms with Crippen molar-refractivity contribution in [1.29, 1.82) is 0 Å². The van der Waals surface area contributed by atoms with Gasteiger partial charge in [0.1, 0.15) is 0 Å². The summed E-state index contributed by atoms with van der Waals surface area (Å²) in [5.41, 5.74) is 0.501. The Hall–Kier alpha value is -2.02. The number of nitrogens with one attached hydrogen (secondary N) is 1. The van der Waals surface area contributed by atoms with Crippen LogP contribution >= 0.6 is 0 Å². The zero-order valence-electron chi connectivity index (χ0n) is 12.1. The van der Waals surface area contributed by atoms with Crippen molar-refractivity contribution in [2.75, 3.05) is 7.05 Å². The second-order valence-electron chi connectivity index (χ2n) is 4.91. The molecule has 0 saturated heterocycles. The summed E-state index contributed by atoms with van der Waals surface area (Å²) in [6.45, 7) is 4.02. The van der Waals surface area contributed by atoms with E-state index in [1.54, 1.807) is 7.05 Å². The summed E-state index contributed by atoms with van der Waals surface area (Å²) in [5, 5.41) is 6.52. The van der Waals surface area contributed by atoms with Crippen molar-refractivity contribution in [2.24, 2.45) is 0 Å². The largest absolute Gasteiger partial charge is 0.479 e. The highest BCUT2D eigenvalue weighted by atomic mass is 19.1. The summed E-state index contributed by atoms with van der Waals surface area (Å²) in [5.74, 6) is -1.16. The Labute approximate surface area is 121 Å². The SMILES string of the molecule is CNCc1cc(F)c(OCc2noc(C(C)C)n2)c(F)c1. The van der Waals surface area contributed by atoms with Crippen LogP contribution in [0.3, 0.4) is 0 Å². The van der Waals surface area contributed by atoms with Crippen LogP contribution in [0.4, 0.5) is 8.78 Å². The van der Waals surface area contributed by atoms with Crippen molar-refractivity contribution in [1.82, 2.24) is 15.5 Å². The van der Waals surface area contributed by atoms with E-state index in [-0.39, 0.29) is 18.3 Å². The molecule has 1 N–H and O–H groups in total. The summed E-state index contributed by atoms with van der Waals surface area (Å²) in [6.07, 6.45) is 0. The van der Waals surface area contributed by atoms with Crippen molar-refractivity contribution in [2.45, 2.75) is 32.9 Å². The first-order chi connectivity index (χ1) is 10.0. The zero-order valence-corrected chi connectivity index (χ0v) is 12.1. The zero-order chi connectivity index (χ0) is 15.4. The van der Waals surface area contributed by atoms with Gasteiger partial charge in [-0.1, -0.05) is 19.0 Å². The van der Waals surface area contributed by atoms with E-state index in [0.29, 0.717) is 18.0 Å². The monoisotopic (exact) mass is 297 g/mol. The smallest absolute Gasteiger partial charge is 0.229 e. The van der Waals surface area contributed by atoms with Crippen molar-refractivity contribution >= 4 is 0 Å². The average molecular weight is 297 g/mol. The number of ether oxygens (including phenoxy) is 1. The Morgan fingerprint density at radius 2 is 1.95 bits per heavy atom. The Balaban J connectivity index is 2.08. The molecule has 0 aliphatic carbocycles. The molecule has 1 aromatic carbocycles. The van der Waals surface area contributed by atoms with E-state index in [1.165, 1.54) is 12.1 Å². The molecule has 0 radical (unpaired) electrons. The Morgan fingerprint density at radius 3 is 2.48 bits per heavy atom. The Kier molecular flexibility index (Phi) is 4.85. The van der Waals surface area contributed by atoms with Gasteiger partial charge in [0, 0.05) is 12.5 Å². The number of nitrogens with zero attached hydrogens (tertiary/aromatic N) is 2. The van der Waals surface area contributed by atoms with Crippen LogP contribution in [0.2, 0.25) is 0 Å². The molecule has 2 rings (SSSR count). The lowest BCUT2D eigenvalue weighted by Crippen LogP contribution is -2.07. The minimum Gasteiger partial charge on any atom is -0.479 e. The van der Waals surface area contributed by atoms with Crippen LogP contribution in [0.5, 0.6) is 5.75 Å². The van der Waals surface area contributed by atoms with E-state index >= 15 is 0 Å². The lowest BCUT2D eigenvalue weighted by molar-refractivity contribution is 0.258. The van der Waals surface area contributed by atoms with Crippen LogP contribution < -0.4 is 10.1 Å². The fraction of sp³-hybridized carbons (Fsp3) is 0.429. The number of halogens is 2. The van der Waals surface area contributed by atoms with Crippen molar-refractivity contribution in [3.8, 4) is 5.75 Å². The van der Waals surface area contributed by atoms with E-state index in [2.05, 4.69) is 15.5 Å². The molecule has 1 aromatic heterocycles.